The van der Waals surface area contributed by atoms with Gasteiger partial charge in [-0.05, 0) is 53.8 Å². The van der Waals surface area contributed by atoms with Gasteiger partial charge in [0.25, 0.3) is 5.91 Å². The Hall–Kier alpha value is -2.77. The molecular weight excluding hydrogens is 322 g/mol. The first-order valence-corrected chi connectivity index (χ1v) is 8.54. The summed E-state index contributed by atoms with van der Waals surface area (Å²) in [6, 6.07) is 6.26. The Morgan fingerprint density at radius 3 is 2.80 bits per heavy atom. The lowest BCUT2D eigenvalue weighted by atomic mass is 9.84. The number of aromatic nitrogens is 4. The maximum absolute atomic E-state index is 13.1. The molecule has 0 bridgehead atoms. The van der Waals surface area contributed by atoms with Crippen LogP contribution in [-0.4, -0.2) is 54.2 Å². The molecule has 0 spiro atoms. The molecule has 4 rings (SSSR count). The number of carbonyl (C=O) groups excluding carboxylic acids is 1. The van der Waals surface area contributed by atoms with Gasteiger partial charge in [0.2, 0.25) is 0 Å². The van der Waals surface area contributed by atoms with Crippen LogP contribution in [0.25, 0.3) is 5.69 Å². The predicted octanol–water partition coefficient (Wildman–Crippen LogP) is 1.52. The second-order valence-corrected chi connectivity index (χ2v) is 6.72. The number of likely N-dealkylation sites (tertiary alicyclic amines) is 1. The number of amides is 1. The SMILES string of the molecule is O=C(O)[C@@H]1C[C@@H]2CCCC[C@H]2N1C(=O)c1cccc(-n2cnnn2)c1. The van der Waals surface area contributed by atoms with Crippen molar-refractivity contribution in [1.82, 2.24) is 25.1 Å². The number of carboxylic acids is 1. The number of tetrazole rings is 1. The predicted molar refractivity (Wildman–Crippen MR) is 87.1 cm³/mol. The zero-order valence-corrected chi connectivity index (χ0v) is 13.7. The minimum Gasteiger partial charge on any atom is -0.480 e. The van der Waals surface area contributed by atoms with Gasteiger partial charge in [0.1, 0.15) is 12.4 Å². The van der Waals surface area contributed by atoms with Crippen molar-refractivity contribution in [1.29, 1.82) is 0 Å². The molecule has 25 heavy (non-hydrogen) atoms. The van der Waals surface area contributed by atoms with Crippen LogP contribution in [0, 0.1) is 5.92 Å². The summed E-state index contributed by atoms with van der Waals surface area (Å²) in [7, 11) is 0. The van der Waals surface area contributed by atoms with E-state index in [9.17, 15) is 14.7 Å². The number of aliphatic carboxylic acids is 1. The van der Waals surface area contributed by atoms with Gasteiger partial charge in [-0.15, -0.1) is 5.10 Å². The Morgan fingerprint density at radius 1 is 1.20 bits per heavy atom. The van der Waals surface area contributed by atoms with Crippen molar-refractivity contribution in [2.75, 3.05) is 0 Å². The molecule has 1 aromatic carbocycles. The van der Waals surface area contributed by atoms with Gasteiger partial charge >= 0.3 is 5.97 Å². The number of benzene rings is 1. The molecule has 2 heterocycles. The summed E-state index contributed by atoms with van der Waals surface area (Å²) >= 11 is 0. The van der Waals surface area contributed by atoms with E-state index in [4.69, 9.17) is 0 Å². The maximum Gasteiger partial charge on any atom is 0.326 e. The highest BCUT2D eigenvalue weighted by molar-refractivity contribution is 5.97. The molecule has 1 aromatic heterocycles. The first kappa shape index (κ1) is 15.7. The van der Waals surface area contributed by atoms with Gasteiger partial charge in [-0.2, -0.15) is 0 Å². The highest BCUT2D eigenvalue weighted by Gasteiger charge is 2.47. The van der Waals surface area contributed by atoms with Crippen LogP contribution < -0.4 is 0 Å². The average molecular weight is 341 g/mol. The van der Waals surface area contributed by atoms with E-state index in [-0.39, 0.29) is 11.9 Å². The van der Waals surface area contributed by atoms with Crippen LogP contribution in [0.15, 0.2) is 30.6 Å². The summed E-state index contributed by atoms with van der Waals surface area (Å²) in [4.78, 5) is 26.5. The zero-order valence-electron chi connectivity index (χ0n) is 13.7. The smallest absolute Gasteiger partial charge is 0.326 e. The second kappa shape index (κ2) is 6.27. The number of carboxylic acid groups (broad SMARTS) is 1. The lowest BCUT2D eigenvalue weighted by molar-refractivity contribution is -0.141. The summed E-state index contributed by atoms with van der Waals surface area (Å²) in [5.74, 6) is -0.849. The highest BCUT2D eigenvalue weighted by atomic mass is 16.4. The van der Waals surface area contributed by atoms with Crippen molar-refractivity contribution >= 4 is 11.9 Å². The normalized spacial score (nSPS) is 25.6. The Morgan fingerprint density at radius 2 is 2.04 bits per heavy atom. The summed E-state index contributed by atoms with van der Waals surface area (Å²) in [5.41, 5.74) is 1.13. The Bertz CT molecular complexity index is 791. The number of hydrogen-bond donors (Lipinski definition) is 1. The summed E-state index contributed by atoms with van der Waals surface area (Å²) in [6.07, 6.45) is 6.05. The molecule has 0 unspecified atom stereocenters. The zero-order chi connectivity index (χ0) is 17.4. The number of fused-ring (bicyclic) bond motifs is 1. The molecular formula is C17H19N5O3. The molecule has 0 radical (unpaired) electrons. The summed E-state index contributed by atoms with van der Waals surface area (Å²) < 4.78 is 1.47. The van der Waals surface area contributed by atoms with E-state index in [0.29, 0.717) is 23.6 Å². The van der Waals surface area contributed by atoms with Crippen LogP contribution in [0.5, 0.6) is 0 Å². The van der Waals surface area contributed by atoms with Gasteiger partial charge in [-0.3, -0.25) is 4.79 Å². The van der Waals surface area contributed by atoms with E-state index in [2.05, 4.69) is 15.5 Å². The van der Waals surface area contributed by atoms with E-state index < -0.39 is 12.0 Å². The molecule has 2 fully saturated rings. The number of nitrogens with zero attached hydrogens (tertiary/aromatic N) is 5. The molecule has 1 amide bonds. The molecule has 2 aromatic rings. The summed E-state index contributed by atoms with van der Waals surface area (Å²) in [5, 5.41) is 20.6. The van der Waals surface area contributed by atoms with Crippen molar-refractivity contribution in [3.63, 3.8) is 0 Å². The van der Waals surface area contributed by atoms with Gasteiger partial charge < -0.3 is 10.0 Å². The van der Waals surface area contributed by atoms with Crippen molar-refractivity contribution in [3.8, 4) is 5.69 Å². The maximum atomic E-state index is 13.1. The minimum atomic E-state index is -0.917. The van der Waals surface area contributed by atoms with Gasteiger partial charge in [-0.25, -0.2) is 9.48 Å². The molecule has 1 saturated carbocycles. The fourth-order valence-electron chi connectivity index (χ4n) is 4.18. The van der Waals surface area contributed by atoms with Gasteiger partial charge in [0.05, 0.1) is 5.69 Å². The molecule has 3 atom stereocenters. The van der Waals surface area contributed by atoms with Crippen molar-refractivity contribution in [2.24, 2.45) is 5.92 Å². The van der Waals surface area contributed by atoms with Crippen LogP contribution in [0.2, 0.25) is 0 Å². The molecule has 1 N–H and O–H groups in total. The number of hydrogen-bond acceptors (Lipinski definition) is 5. The average Bonchev–Trinajstić information content (AvgIpc) is 3.29. The van der Waals surface area contributed by atoms with E-state index in [0.717, 1.165) is 25.7 Å². The topological polar surface area (TPSA) is 101 Å². The Balaban J connectivity index is 1.67. The van der Waals surface area contributed by atoms with Gasteiger partial charge in [0.15, 0.2) is 0 Å². The summed E-state index contributed by atoms with van der Waals surface area (Å²) in [6.45, 7) is 0. The van der Waals surface area contributed by atoms with Crippen molar-refractivity contribution in [3.05, 3.63) is 36.2 Å². The number of carbonyl (C=O) groups is 2. The first-order chi connectivity index (χ1) is 12.1. The monoisotopic (exact) mass is 341 g/mol. The van der Waals surface area contributed by atoms with E-state index >= 15 is 0 Å². The Kier molecular flexibility index (Phi) is 3.95. The lowest BCUT2D eigenvalue weighted by Gasteiger charge is -2.33. The fraction of sp³-hybridized carbons (Fsp3) is 0.471. The van der Waals surface area contributed by atoms with Crippen LogP contribution in [0.4, 0.5) is 0 Å². The highest BCUT2D eigenvalue weighted by Crippen LogP contribution is 2.40. The van der Waals surface area contributed by atoms with Gasteiger partial charge in [-0.1, -0.05) is 18.9 Å². The van der Waals surface area contributed by atoms with Crippen LogP contribution in [0.1, 0.15) is 42.5 Å². The molecule has 8 nitrogen and oxygen atoms in total. The van der Waals surface area contributed by atoms with Gasteiger partial charge in [0, 0.05) is 11.6 Å². The lowest BCUT2D eigenvalue weighted by Crippen LogP contribution is -2.46. The van der Waals surface area contributed by atoms with Crippen LogP contribution in [-0.2, 0) is 4.79 Å². The third-order valence-electron chi connectivity index (χ3n) is 5.31. The molecule has 1 saturated heterocycles. The molecule has 130 valence electrons. The molecule has 2 aliphatic rings. The molecule has 1 aliphatic heterocycles. The molecule has 1 aliphatic carbocycles. The quantitative estimate of drug-likeness (QED) is 0.908. The largest absolute Gasteiger partial charge is 0.480 e. The minimum absolute atomic E-state index is 0.0269. The van der Waals surface area contributed by atoms with E-state index in [1.165, 1.54) is 11.0 Å². The van der Waals surface area contributed by atoms with Crippen LogP contribution in [0.3, 0.4) is 0 Å². The van der Waals surface area contributed by atoms with Crippen molar-refractivity contribution < 1.29 is 14.7 Å². The van der Waals surface area contributed by atoms with E-state index in [1.807, 2.05) is 0 Å². The van der Waals surface area contributed by atoms with Crippen molar-refractivity contribution in [2.45, 2.75) is 44.2 Å². The molecule has 8 heteroatoms. The third-order valence-corrected chi connectivity index (χ3v) is 5.31. The first-order valence-electron chi connectivity index (χ1n) is 8.54. The second-order valence-electron chi connectivity index (χ2n) is 6.72. The third kappa shape index (κ3) is 2.77. The Labute approximate surface area is 144 Å². The fourth-order valence-corrected chi connectivity index (χ4v) is 4.18. The number of rotatable bonds is 3. The standard InChI is InChI=1S/C17H19N5O3/c23-16(12-5-3-6-13(8-12)21-10-18-19-20-21)22-14-7-2-1-4-11(14)9-15(22)17(24)25/h3,5-6,8,10-11,14-15H,1-2,4,7,9H2,(H,24,25)/t11-,14+,15-/m0/s1. The van der Waals surface area contributed by atoms with Crippen LogP contribution >= 0.6 is 0 Å². The van der Waals surface area contributed by atoms with E-state index in [1.54, 1.807) is 29.2 Å².